The Bertz CT molecular complexity index is 405. The molecule has 0 unspecified atom stereocenters. The van der Waals surface area contributed by atoms with Crippen molar-refractivity contribution in [2.24, 2.45) is 0 Å². The lowest BCUT2D eigenvalue weighted by Crippen LogP contribution is -2.16. The largest absolute Gasteiger partial charge is 0.497 e. The summed E-state index contributed by atoms with van der Waals surface area (Å²) in [7, 11) is 1.19. The zero-order valence-electron chi connectivity index (χ0n) is 7.58. The number of ether oxygens (including phenoxy) is 1. The third-order valence-corrected chi connectivity index (χ3v) is 1.67. The number of aliphatic carboxylic acids is 1. The smallest absolute Gasteiger partial charge is 0.377 e. The predicted octanol–water partition coefficient (Wildman–Crippen LogP) is 1.24. The first-order valence-corrected chi connectivity index (χ1v) is 3.78. The van der Waals surface area contributed by atoms with Gasteiger partial charge in [-0.25, -0.2) is 13.6 Å². The number of carbonyl (C=O) groups is 2. The van der Waals surface area contributed by atoms with E-state index in [1.165, 1.54) is 7.11 Å². The van der Waals surface area contributed by atoms with Crippen molar-refractivity contribution >= 4 is 11.8 Å². The summed E-state index contributed by atoms with van der Waals surface area (Å²) in [5, 5.41) is 8.30. The molecular formula is C9H6F2O4. The van der Waals surface area contributed by atoms with E-state index in [0.717, 1.165) is 12.1 Å². The monoisotopic (exact) mass is 216 g/mol. The van der Waals surface area contributed by atoms with Crippen LogP contribution < -0.4 is 4.74 Å². The van der Waals surface area contributed by atoms with Gasteiger partial charge in [0.1, 0.15) is 22.9 Å². The number of benzene rings is 1. The first kappa shape index (κ1) is 11.1. The number of carboxylic acid groups (broad SMARTS) is 1. The lowest BCUT2D eigenvalue weighted by Gasteiger charge is -2.04. The van der Waals surface area contributed by atoms with Crippen LogP contribution in [0, 0.1) is 11.6 Å². The summed E-state index contributed by atoms with van der Waals surface area (Å²) < 4.78 is 30.7. The van der Waals surface area contributed by atoms with E-state index >= 15 is 0 Å². The number of Topliss-reactive ketones (excluding diaryl/α,β-unsaturated/α-hetero) is 1. The van der Waals surface area contributed by atoms with Crippen LogP contribution >= 0.6 is 0 Å². The molecular weight excluding hydrogens is 210 g/mol. The molecule has 0 radical (unpaired) electrons. The standard InChI is InChI=1S/C9H6F2O4/c1-15-4-2-5(10)7(6(11)3-4)8(12)9(13)14/h2-3H,1H3,(H,13,14). The van der Waals surface area contributed by atoms with Crippen LogP contribution in [0.15, 0.2) is 12.1 Å². The number of carboxylic acids is 1. The van der Waals surface area contributed by atoms with Crippen LogP contribution in [0.2, 0.25) is 0 Å². The van der Waals surface area contributed by atoms with Crippen LogP contribution in [0.25, 0.3) is 0 Å². The number of methoxy groups -OCH3 is 1. The van der Waals surface area contributed by atoms with Crippen molar-refractivity contribution in [2.75, 3.05) is 7.11 Å². The van der Waals surface area contributed by atoms with Crippen LogP contribution in [0.1, 0.15) is 10.4 Å². The molecule has 80 valence electrons. The fourth-order valence-electron chi connectivity index (χ4n) is 0.992. The maximum Gasteiger partial charge on any atom is 0.377 e. The third kappa shape index (κ3) is 2.09. The molecule has 0 saturated heterocycles. The van der Waals surface area contributed by atoms with Crippen molar-refractivity contribution in [3.8, 4) is 5.75 Å². The van der Waals surface area contributed by atoms with Crippen LogP contribution in [0.5, 0.6) is 5.75 Å². The Kier molecular flexibility index (Phi) is 2.99. The van der Waals surface area contributed by atoms with Gasteiger partial charge in [0.2, 0.25) is 0 Å². The highest BCUT2D eigenvalue weighted by Gasteiger charge is 2.24. The van der Waals surface area contributed by atoms with E-state index in [4.69, 9.17) is 5.11 Å². The summed E-state index contributed by atoms with van der Waals surface area (Å²) in [6.07, 6.45) is 0. The Balaban J connectivity index is 3.31. The predicted molar refractivity (Wildman–Crippen MR) is 44.9 cm³/mol. The van der Waals surface area contributed by atoms with E-state index in [-0.39, 0.29) is 5.75 Å². The minimum Gasteiger partial charge on any atom is -0.497 e. The molecule has 1 rings (SSSR count). The number of carbonyl (C=O) groups excluding carboxylic acids is 1. The maximum absolute atomic E-state index is 13.1. The van der Waals surface area contributed by atoms with Gasteiger partial charge < -0.3 is 9.84 Å². The zero-order chi connectivity index (χ0) is 11.6. The molecule has 1 N–H and O–H groups in total. The highest BCUT2D eigenvalue weighted by molar-refractivity contribution is 6.40. The molecule has 1 aromatic rings. The topological polar surface area (TPSA) is 63.6 Å². The summed E-state index contributed by atoms with van der Waals surface area (Å²) in [6, 6.07) is 1.47. The van der Waals surface area contributed by atoms with Gasteiger partial charge in [-0.1, -0.05) is 0 Å². The average molecular weight is 216 g/mol. The van der Waals surface area contributed by atoms with Gasteiger partial charge in [-0.05, 0) is 0 Å². The fraction of sp³-hybridized carbons (Fsp3) is 0.111. The van der Waals surface area contributed by atoms with Crippen molar-refractivity contribution in [2.45, 2.75) is 0 Å². The zero-order valence-corrected chi connectivity index (χ0v) is 7.58. The summed E-state index contributed by atoms with van der Waals surface area (Å²) in [6.45, 7) is 0. The average Bonchev–Trinajstić information content (AvgIpc) is 2.16. The van der Waals surface area contributed by atoms with Gasteiger partial charge in [-0.3, -0.25) is 4.79 Å². The Morgan fingerprint density at radius 3 is 2.07 bits per heavy atom. The first-order valence-electron chi connectivity index (χ1n) is 3.78. The number of halogens is 2. The van der Waals surface area contributed by atoms with Crippen LogP contribution in [0.3, 0.4) is 0 Å². The molecule has 0 aliphatic heterocycles. The van der Waals surface area contributed by atoms with Gasteiger partial charge >= 0.3 is 5.97 Å². The van der Waals surface area contributed by atoms with Crippen LogP contribution in [-0.4, -0.2) is 24.0 Å². The summed E-state index contributed by atoms with van der Waals surface area (Å²) in [4.78, 5) is 21.1. The molecule has 6 heteroatoms. The summed E-state index contributed by atoms with van der Waals surface area (Å²) >= 11 is 0. The third-order valence-electron chi connectivity index (χ3n) is 1.67. The minimum atomic E-state index is -1.92. The highest BCUT2D eigenvalue weighted by Crippen LogP contribution is 2.20. The number of ketones is 1. The highest BCUT2D eigenvalue weighted by atomic mass is 19.1. The van der Waals surface area contributed by atoms with Crippen LogP contribution in [0.4, 0.5) is 8.78 Å². The Labute approximate surface area is 83.1 Å². The molecule has 0 spiro atoms. The SMILES string of the molecule is COc1cc(F)c(C(=O)C(=O)O)c(F)c1. The van der Waals surface area contributed by atoms with E-state index in [1.807, 2.05) is 0 Å². The Morgan fingerprint density at radius 1 is 1.27 bits per heavy atom. The van der Waals surface area contributed by atoms with Gasteiger partial charge in [0.15, 0.2) is 0 Å². The van der Waals surface area contributed by atoms with Gasteiger partial charge in [-0.2, -0.15) is 0 Å². The summed E-state index contributed by atoms with van der Waals surface area (Å²) in [5.74, 6) is -6.21. The van der Waals surface area contributed by atoms with Crippen molar-refractivity contribution < 1.29 is 28.2 Å². The van der Waals surface area contributed by atoms with Gasteiger partial charge in [0.25, 0.3) is 5.78 Å². The van der Waals surface area contributed by atoms with E-state index < -0.39 is 29.0 Å². The molecule has 1 aromatic carbocycles. The van der Waals surface area contributed by atoms with E-state index in [1.54, 1.807) is 0 Å². The second-order valence-corrected chi connectivity index (χ2v) is 2.60. The van der Waals surface area contributed by atoms with Crippen molar-refractivity contribution in [1.29, 1.82) is 0 Å². The molecule has 15 heavy (non-hydrogen) atoms. The number of hydrogen-bond donors (Lipinski definition) is 1. The molecule has 0 aliphatic rings. The second-order valence-electron chi connectivity index (χ2n) is 2.60. The van der Waals surface area contributed by atoms with Gasteiger partial charge in [0, 0.05) is 12.1 Å². The minimum absolute atomic E-state index is 0.132. The van der Waals surface area contributed by atoms with Crippen molar-refractivity contribution in [3.05, 3.63) is 29.3 Å². The fourth-order valence-corrected chi connectivity index (χ4v) is 0.992. The normalized spacial score (nSPS) is 9.80. The van der Waals surface area contributed by atoms with Crippen LogP contribution in [-0.2, 0) is 4.79 Å². The molecule has 0 bridgehead atoms. The summed E-state index contributed by atoms with van der Waals surface area (Å²) in [5.41, 5.74) is -1.09. The number of hydrogen-bond acceptors (Lipinski definition) is 3. The maximum atomic E-state index is 13.1. The molecule has 0 atom stereocenters. The molecule has 0 fully saturated rings. The Morgan fingerprint density at radius 2 is 1.73 bits per heavy atom. The van der Waals surface area contributed by atoms with E-state index in [2.05, 4.69) is 4.74 Å². The molecule has 4 nitrogen and oxygen atoms in total. The van der Waals surface area contributed by atoms with Gasteiger partial charge in [0.05, 0.1) is 7.11 Å². The quantitative estimate of drug-likeness (QED) is 0.609. The lowest BCUT2D eigenvalue weighted by atomic mass is 10.1. The first-order chi connectivity index (χ1) is 6.97. The van der Waals surface area contributed by atoms with E-state index in [0.29, 0.717) is 0 Å². The molecule has 0 amide bonds. The number of rotatable bonds is 3. The molecule has 0 saturated carbocycles. The lowest BCUT2D eigenvalue weighted by molar-refractivity contribution is -0.131. The van der Waals surface area contributed by atoms with Crippen molar-refractivity contribution in [3.63, 3.8) is 0 Å². The van der Waals surface area contributed by atoms with E-state index in [9.17, 15) is 18.4 Å². The Hall–Kier alpha value is -1.98. The molecule has 0 aromatic heterocycles. The molecule has 0 heterocycles. The second kappa shape index (κ2) is 4.04. The van der Waals surface area contributed by atoms with Crippen molar-refractivity contribution in [1.82, 2.24) is 0 Å². The molecule has 0 aliphatic carbocycles. The van der Waals surface area contributed by atoms with Gasteiger partial charge in [-0.15, -0.1) is 0 Å².